The van der Waals surface area contributed by atoms with Crippen molar-refractivity contribution in [3.8, 4) is 11.3 Å². The van der Waals surface area contributed by atoms with Crippen LogP contribution in [0.2, 0.25) is 0 Å². The Kier molecular flexibility index (Phi) is 6.05. The highest BCUT2D eigenvalue weighted by atomic mass is 16.5. The lowest BCUT2D eigenvalue weighted by molar-refractivity contribution is 0.0295. The molecule has 4 atom stereocenters. The number of nitrogens with zero attached hydrogens (tertiary/aromatic N) is 5. The van der Waals surface area contributed by atoms with E-state index in [1.54, 1.807) is 24.5 Å². The fourth-order valence-corrected chi connectivity index (χ4v) is 5.91. The molecule has 2 N–H and O–H groups in total. The van der Waals surface area contributed by atoms with Crippen LogP contribution in [-0.2, 0) is 9.47 Å². The zero-order valence-electron chi connectivity index (χ0n) is 21.1. The highest BCUT2D eigenvalue weighted by Crippen LogP contribution is 2.34. The third kappa shape index (κ3) is 4.89. The van der Waals surface area contributed by atoms with E-state index in [9.17, 15) is 4.79 Å². The van der Waals surface area contributed by atoms with Crippen LogP contribution < -0.4 is 20.4 Å². The molecule has 196 valence electrons. The molecule has 3 aromatic rings. The highest BCUT2D eigenvalue weighted by molar-refractivity contribution is 5.99. The molecule has 10 nitrogen and oxygen atoms in total. The molecule has 4 unspecified atom stereocenters. The second-order valence-electron chi connectivity index (χ2n) is 10.5. The van der Waals surface area contributed by atoms with Crippen molar-refractivity contribution in [3.63, 3.8) is 0 Å². The van der Waals surface area contributed by atoms with Crippen molar-refractivity contribution >= 4 is 29.2 Å². The van der Waals surface area contributed by atoms with E-state index in [2.05, 4.69) is 31.5 Å². The Bertz CT molecular complexity index is 1230. The predicted octanol–water partition coefficient (Wildman–Crippen LogP) is 3.92. The first kappa shape index (κ1) is 23.4. The molecule has 4 bridgehead atoms. The third-order valence-electron chi connectivity index (χ3n) is 7.77. The second kappa shape index (κ2) is 9.85. The molecule has 1 aromatic carbocycles. The maximum Gasteiger partial charge on any atom is 0.323 e. The van der Waals surface area contributed by atoms with Gasteiger partial charge in [0.25, 0.3) is 0 Å². The molecule has 0 aliphatic carbocycles. The average molecular weight is 514 g/mol. The number of carbonyl (C=O) groups excluding carboxylic acids is 1. The summed E-state index contributed by atoms with van der Waals surface area (Å²) in [7, 11) is 0. The summed E-state index contributed by atoms with van der Waals surface area (Å²) in [6, 6.07) is 13.0. The summed E-state index contributed by atoms with van der Waals surface area (Å²) in [5, 5.41) is 5.69. The molecule has 4 aliphatic rings. The normalized spacial score (nSPS) is 25.9. The summed E-state index contributed by atoms with van der Waals surface area (Å²) in [4.78, 5) is 31.1. The lowest BCUT2D eigenvalue weighted by atomic mass is 10.1. The van der Waals surface area contributed by atoms with Gasteiger partial charge in [-0.25, -0.2) is 9.78 Å². The van der Waals surface area contributed by atoms with E-state index in [0.29, 0.717) is 11.4 Å². The Balaban J connectivity index is 1.14. The van der Waals surface area contributed by atoms with Gasteiger partial charge in [-0.15, -0.1) is 0 Å². The van der Waals surface area contributed by atoms with Gasteiger partial charge in [0.05, 0.1) is 30.1 Å². The zero-order chi connectivity index (χ0) is 25.5. The molecule has 6 heterocycles. The number of aromatic nitrogens is 3. The van der Waals surface area contributed by atoms with Gasteiger partial charge in [-0.3, -0.25) is 4.98 Å². The van der Waals surface area contributed by atoms with Crippen LogP contribution in [0.3, 0.4) is 0 Å². The Labute approximate surface area is 221 Å². The van der Waals surface area contributed by atoms with Crippen LogP contribution in [0, 0.1) is 0 Å². The Morgan fingerprint density at radius 1 is 0.737 bits per heavy atom. The molecule has 4 aliphatic heterocycles. The topological polar surface area (TPSA) is 105 Å². The summed E-state index contributed by atoms with van der Waals surface area (Å²) < 4.78 is 12.1. The number of carbonyl (C=O) groups is 1. The SMILES string of the molecule is O=C(Nc1ccncc1)Nc1ccc(-c2cc(N3CC4CCC(C3)O4)nc(N3CC4CCC(C3)O4)n2)cc1. The van der Waals surface area contributed by atoms with Crippen molar-refractivity contribution < 1.29 is 14.3 Å². The van der Waals surface area contributed by atoms with E-state index in [0.717, 1.165) is 74.9 Å². The fraction of sp³-hybridized carbons (Fsp3) is 0.429. The first-order valence-electron chi connectivity index (χ1n) is 13.4. The molecule has 0 saturated carbocycles. The van der Waals surface area contributed by atoms with Gasteiger partial charge >= 0.3 is 6.03 Å². The van der Waals surface area contributed by atoms with Gasteiger partial charge in [0.15, 0.2) is 0 Å². The van der Waals surface area contributed by atoms with Crippen LogP contribution in [0.1, 0.15) is 25.7 Å². The van der Waals surface area contributed by atoms with Crippen LogP contribution in [0.4, 0.5) is 27.9 Å². The lowest BCUT2D eigenvalue weighted by Gasteiger charge is -2.35. The maximum absolute atomic E-state index is 12.4. The number of nitrogens with one attached hydrogen (secondary N) is 2. The van der Waals surface area contributed by atoms with Crippen molar-refractivity contribution in [2.24, 2.45) is 0 Å². The predicted molar refractivity (Wildman–Crippen MR) is 145 cm³/mol. The largest absolute Gasteiger partial charge is 0.371 e. The van der Waals surface area contributed by atoms with Crippen LogP contribution >= 0.6 is 0 Å². The molecule has 0 spiro atoms. The number of morpholine rings is 2. The molecular weight excluding hydrogens is 482 g/mol. The van der Waals surface area contributed by atoms with Crippen molar-refractivity contribution in [1.82, 2.24) is 15.0 Å². The molecule has 0 radical (unpaired) electrons. The zero-order valence-corrected chi connectivity index (χ0v) is 21.1. The van der Waals surface area contributed by atoms with E-state index in [1.165, 1.54) is 0 Å². The lowest BCUT2D eigenvalue weighted by Crippen LogP contribution is -2.45. The second-order valence-corrected chi connectivity index (χ2v) is 10.5. The quantitative estimate of drug-likeness (QED) is 0.529. The molecular formula is C28H31N7O3. The number of pyridine rings is 1. The number of rotatable bonds is 5. The van der Waals surface area contributed by atoms with Crippen molar-refractivity contribution in [1.29, 1.82) is 0 Å². The first-order valence-corrected chi connectivity index (χ1v) is 13.4. The Morgan fingerprint density at radius 2 is 1.29 bits per heavy atom. The summed E-state index contributed by atoms with van der Waals surface area (Å²) in [5.74, 6) is 1.71. The minimum absolute atomic E-state index is 0.257. The molecule has 2 amide bonds. The van der Waals surface area contributed by atoms with Gasteiger partial charge in [-0.1, -0.05) is 12.1 Å². The van der Waals surface area contributed by atoms with Crippen molar-refractivity contribution in [2.75, 3.05) is 46.6 Å². The molecule has 4 fully saturated rings. The molecule has 10 heteroatoms. The molecule has 38 heavy (non-hydrogen) atoms. The molecule has 2 aromatic heterocycles. The van der Waals surface area contributed by atoms with Crippen LogP contribution in [0.5, 0.6) is 0 Å². The minimum Gasteiger partial charge on any atom is -0.371 e. The monoisotopic (exact) mass is 513 g/mol. The van der Waals surface area contributed by atoms with Gasteiger partial charge in [0.2, 0.25) is 5.95 Å². The first-order chi connectivity index (χ1) is 18.6. The van der Waals surface area contributed by atoms with Crippen LogP contribution in [0.15, 0.2) is 54.9 Å². The third-order valence-corrected chi connectivity index (χ3v) is 7.77. The van der Waals surface area contributed by atoms with Crippen LogP contribution in [0.25, 0.3) is 11.3 Å². The summed E-state index contributed by atoms with van der Waals surface area (Å²) >= 11 is 0. The van der Waals surface area contributed by atoms with E-state index in [4.69, 9.17) is 19.4 Å². The standard InChI is InChI=1S/C28H31N7O3/c36-28(31-20-9-11-29-12-10-20)30-19-3-1-18(2-4-19)25-13-26(34-14-21-5-6-22(15-34)37-21)33-27(32-25)35-16-23-7-8-24(17-35)38-23/h1-4,9-13,21-24H,5-8,14-17H2,(H2,29,30,31,36). The minimum atomic E-state index is -0.306. The number of ether oxygens (including phenoxy) is 2. The van der Waals surface area contributed by atoms with Gasteiger partial charge in [0, 0.05) is 61.6 Å². The summed E-state index contributed by atoms with van der Waals surface area (Å²) in [5.41, 5.74) is 3.23. The van der Waals surface area contributed by atoms with E-state index < -0.39 is 0 Å². The molecule has 4 saturated heterocycles. The summed E-state index contributed by atoms with van der Waals surface area (Å²) in [6.45, 7) is 3.36. The number of urea groups is 1. The van der Waals surface area contributed by atoms with Gasteiger partial charge in [-0.05, 0) is 49.9 Å². The number of anilines is 4. The number of amides is 2. The van der Waals surface area contributed by atoms with Gasteiger partial charge in [0.1, 0.15) is 5.82 Å². The highest BCUT2D eigenvalue weighted by Gasteiger charge is 2.37. The maximum atomic E-state index is 12.4. The summed E-state index contributed by atoms with van der Waals surface area (Å²) in [6.07, 6.45) is 8.77. The average Bonchev–Trinajstić information content (AvgIpc) is 3.47. The number of benzene rings is 1. The number of hydrogen-bond donors (Lipinski definition) is 2. The van der Waals surface area contributed by atoms with Crippen molar-refractivity contribution in [3.05, 3.63) is 54.9 Å². The smallest absolute Gasteiger partial charge is 0.323 e. The van der Waals surface area contributed by atoms with E-state index in [-0.39, 0.29) is 30.4 Å². The van der Waals surface area contributed by atoms with E-state index in [1.807, 2.05) is 24.3 Å². The Hall–Kier alpha value is -3.76. The number of hydrogen-bond acceptors (Lipinski definition) is 8. The van der Waals surface area contributed by atoms with Gasteiger partial charge in [-0.2, -0.15) is 4.98 Å². The Morgan fingerprint density at radius 3 is 1.89 bits per heavy atom. The van der Waals surface area contributed by atoms with Gasteiger partial charge < -0.3 is 29.9 Å². The number of fused-ring (bicyclic) bond motifs is 4. The van der Waals surface area contributed by atoms with Crippen molar-refractivity contribution in [2.45, 2.75) is 50.1 Å². The fourth-order valence-electron chi connectivity index (χ4n) is 5.91. The van der Waals surface area contributed by atoms with Crippen LogP contribution in [-0.4, -0.2) is 71.6 Å². The molecule has 7 rings (SSSR count). The van der Waals surface area contributed by atoms with E-state index >= 15 is 0 Å².